The number of hydrogen-bond acceptors (Lipinski definition) is 5. The Hall–Kier alpha value is -3.01. The molecule has 1 fully saturated rings. The zero-order valence-corrected chi connectivity index (χ0v) is 20.8. The predicted octanol–water partition coefficient (Wildman–Crippen LogP) is 6.41. The minimum Gasteiger partial charge on any atom is -0.486 e. The van der Waals surface area contributed by atoms with Crippen LogP contribution in [0.4, 0.5) is 18.9 Å². The van der Waals surface area contributed by atoms with Crippen molar-refractivity contribution in [2.75, 3.05) is 18.0 Å². The van der Waals surface area contributed by atoms with E-state index in [1.54, 1.807) is 12.1 Å². The van der Waals surface area contributed by atoms with Gasteiger partial charge in [-0.05, 0) is 68.0 Å². The molecule has 36 heavy (non-hydrogen) atoms. The monoisotopic (exact) mass is 522 g/mol. The van der Waals surface area contributed by atoms with Crippen molar-refractivity contribution >= 4 is 27.7 Å². The third kappa shape index (κ3) is 5.86. The predicted molar refractivity (Wildman–Crippen MR) is 132 cm³/mol. The number of hydrogen-bond donors (Lipinski definition) is 1. The molecule has 1 heterocycles. The van der Waals surface area contributed by atoms with Gasteiger partial charge in [0.2, 0.25) is 0 Å². The second kappa shape index (κ2) is 10.5. The van der Waals surface area contributed by atoms with Gasteiger partial charge in [0.15, 0.2) is 5.90 Å². The fraction of sp³-hybridized carbons (Fsp3) is 0.423. The Morgan fingerprint density at radius 3 is 2.61 bits per heavy atom. The van der Waals surface area contributed by atoms with Crippen molar-refractivity contribution in [3.63, 3.8) is 0 Å². The number of sulfonamides is 1. The molecule has 2 aliphatic rings. The molecule has 10 heteroatoms. The number of nitrogens with zero attached hydrogens (tertiary/aromatic N) is 1. The van der Waals surface area contributed by atoms with Crippen LogP contribution >= 0.6 is 0 Å². The Morgan fingerprint density at radius 1 is 1.17 bits per heavy atom. The summed E-state index contributed by atoms with van der Waals surface area (Å²) >= 11 is 0. The van der Waals surface area contributed by atoms with Gasteiger partial charge in [0, 0.05) is 6.42 Å². The summed E-state index contributed by atoms with van der Waals surface area (Å²) in [4.78, 5) is -0.440. The lowest BCUT2D eigenvalue weighted by Gasteiger charge is -2.36. The molecule has 2 aromatic rings. The summed E-state index contributed by atoms with van der Waals surface area (Å²) in [6, 6.07) is 9.05. The number of rotatable bonds is 6. The Balaban J connectivity index is 1.73. The molecular weight excluding hydrogens is 493 g/mol. The molecule has 1 aliphatic heterocycles. The van der Waals surface area contributed by atoms with Gasteiger partial charge in [-0.25, -0.2) is 8.42 Å². The van der Waals surface area contributed by atoms with Gasteiger partial charge >= 0.3 is 6.18 Å². The Morgan fingerprint density at radius 2 is 1.92 bits per heavy atom. The molecular formula is C26H29F3N2O4S. The number of anilines is 1. The minimum absolute atomic E-state index is 0.0335. The van der Waals surface area contributed by atoms with E-state index in [1.165, 1.54) is 25.2 Å². The lowest BCUT2D eigenvalue weighted by Crippen LogP contribution is -2.43. The average Bonchev–Trinajstić information content (AvgIpc) is 2.87. The molecule has 194 valence electrons. The number of benzene rings is 2. The van der Waals surface area contributed by atoms with Crippen LogP contribution in [0.15, 0.2) is 52.9 Å². The van der Waals surface area contributed by atoms with Crippen LogP contribution in [-0.4, -0.2) is 34.1 Å². The molecule has 2 aromatic carbocycles. The first-order chi connectivity index (χ1) is 17.1. The van der Waals surface area contributed by atoms with E-state index in [-0.39, 0.29) is 24.6 Å². The second-order valence-corrected chi connectivity index (χ2v) is 10.9. The maximum Gasteiger partial charge on any atom is 0.416 e. The lowest BCUT2D eigenvalue weighted by atomic mass is 9.93. The van der Waals surface area contributed by atoms with Gasteiger partial charge in [0.25, 0.3) is 10.0 Å². The summed E-state index contributed by atoms with van der Waals surface area (Å²) in [7, 11) is -2.96. The van der Waals surface area contributed by atoms with Crippen molar-refractivity contribution in [1.29, 1.82) is 5.41 Å². The van der Waals surface area contributed by atoms with E-state index in [0.29, 0.717) is 18.2 Å². The molecule has 4 rings (SSSR count). The van der Waals surface area contributed by atoms with Crippen molar-refractivity contribution in [2.45, 2.75) is 62.1 Å². The zero-order valence-electron chi connectivity index (χ0n) is 20.0. The first-order valence-electron chi connectivity index (χ1n) is 11.9. The first kappa shape index (κ1) is 26.1. The average molecular weight is 523 g/mol. The van der Waals surface area contributed by atoms with E-state index >= 15 is 0 Å². The van der Waals surface area contributed by atoms with Gasteiger partial charge in [0.1, 0.15) is 11.9 Å². The minimum atomic E-state index is -4.67. The Labute approximate surface area is 209 Å². The van der Waals surface area contributed by atoms with Crippen LogP contribution in [0, 0.1) is 5.41 Å². The maximum absolute atomic E-state index is 13.7. The zero-order chi connectivity index (χ0) is 25.9. The fourth-order valence-corrected chi connectivity index (χ4v) is 6.08. The number of methoxy groups -OCH3 is 1. The van der Waals surface area contributed by atoms with E-state index in [9.17, 15) is 21.6 Å². The van der Waals surface area contributed by atoms with Crippen LogP contribution in [0.3, 0.4) is 0 Å². The maximum atomic E-state index is 13.7. The van der Waals surface area contributed by atoms with Crippen molar-refractivity contribution in [3.05, 3.63) is 59.2 Å². The third-order valence-corrected chi connectivity index (χ3v) is 8.25. The van der Waals surface area contributed by atoms with Gasteiger partial charge in [-0.15, -0.1) is 0 Å². The highest BCUT2D eigenvalue weighted by molar-refractivity contribution is 7.92. The van der Waals surface area contributed by atoms with E-state index < -0.39 is 32.8 Å². The van der Waals surface area contributed by atoms with Crippen LogP contribution in [-0.2, 0) is 20.9 Å². The summed E-state index contributed by atoms with van der Waals surface area (Å²) in [6.07, 6.45) is 2.75. The highest BCUT2D eigenvalue weighted by Crippen LogP contribution is 2.40. The molecule has 0 bridgehead atoms. The topological polar surface area (TPSA) is 79.7 Å². The standard InChI is InChI=1S/C26H29F3N2O4S/c1-34-25(30)13-11-21-17-31(36(32,33)22-9-5-8-20(16-22)26(27,28)29)23-15-19(10-12-24(23)35-21)14-18-6-3-2-4-7-18/h5,8-10,12,14-16,21,30H,2-4,6-7,11,13,17H2,1H3/t21-/m0/s1. The quantitative estimate of drug-likeness (QED) is 0.351. The normalized spacial score (nSPS) is 18.3. The van der Waals surface area contributed by atoms with Crippen molar-refractivity contribution in [3.8, 4) is 5.75 Å². The summed E-state index contributed by atoms with van der Waals surface area (Å²) in [5.74, 6) is 0.364. The molecule has 0 spiro atoms. The van der Waals surface area contributed by atoms with Gasteiger partial charge < -0.3 is 9.47 Å². The van der Waals surface area contributed by atoms with Gasteiger partial charge in [-0.3, -0.25) is 9.71 Å². The van der Waals surface area contributed by atoms with E-state index in [2.05, 4.69) is 6.08 Å². The van der Waals surface area contributed by atoms with Crippen molar-refractivity contribution in [1.82, 2.24) is 0 Å². The van der Waals surface area contributed by atoms with E-state index in [0.717, 1.165) is 47.7 Å². The second-order valence-electron chi connectivity index (χ2n) is 9.06. The van der Waals surface area contributed by atoms with Crippen LogP contribution in [0.1, 0.15) is 56.1 Å². The highest BCUT2D eigenvalue weighted by atomic mass is 32.2. The molecule has 0 aromatic heterocycles. The molecule has 1 N–H and O–H groups in total. The third-order valence-electron chi connectivity index (χ3n) is 6.47. The summed E-state index contributed by atoms with van der Waals surface area (Å²) in [5, 5.41) is 7.72. The van der Waals surface area contributed by atoms with E-state index in [1.807, 2.05) is 6.07 Å². The summed E-state index contributed by atoms with van der Waals surface area (Å²) < 4.78 is 79.4. The van der Waals surface area contributed by atoms with Gasteiger partial charge in [-0.1, -0.05) is 30.2 Å². The number of ether oxygens (including phenoxy) is 2. The first-order valence-corrected chi connectivity index (χ1v) is 13.3. The molecule has 0 unspecified atom stereocenters. The lowest BCUT2D eigenvalue weighted by molar-refractivity contribution is -0.137. The van der Waals surface area contributed by atoms with Crippen LogP contribution in [0.2, 0.25) is 0 Å². The van der Waals surface area contributed by atoms with Crippen molar-refractivity contribution < 1.29 is 31.1 Å². The van der Waals surface area contributed by atoms with Crippen LogP contribution in [0.5, 0.6) is 5.75 Å². The number of fused-ring (bicyclic) bond motifs is 1. The largest absolute Gasteiger partial charge is 0.486 e. The molecule has 6 nitrogen and oxygen atoms in total. The molecule has 0 saturated heterocycles. The smallest absolute Gasteiger partial charge is 0.416 e. The molecule has 1 saturated carbocycles. The fourth-order valence-electron chi connectivity index (χ4n) is 4.54. The highest BCUT2D eigenvalue weighted by Gasteiger charge is 2.37. The van der Waals surface area contributed by atoms with Crippen LogP contribution < -0.4 is 9.04 Å². The van der Waals surface area contributed by atoms with Gasteiger partial charge in [-0.2, -0.15) is 13.2 Å². The molecule has 0 amide bonds. The summed E-state index contributed by atoms with van der Waals surface area (Å²) in [6.45, 7) is -0.0946. The molecule has 1 atom stereocenters. The number of nitrogens with one attached hydrogen (secondary N) is 1. The van der Waals surface area contributed by atoms with E-state index in [4.69, 9.17) is 14.9 Å². The number of halogens is 3. The number of alkyl halides is 3. The van der Waals surface area contributed by atoms with Crippen molar-refractivity contribution in [2.24, 2.45) is 0 Å². The van der Waals surface area contributed by atoms with Gasteiger partial charge in [0.05, 0.1) is 29.8 Å². The van der Waals surface area contributed by atoms with Crippen LogP contribution in [0.25, 0.3) is 6.08 Å². The SMILES string of the molecule is COC(=N)CC[C@H]1CN(S(=O)(=O)c2cccc(C(F)(F)F)c2)c2cc(C=C3CCCCC3)ccc2O1. The molecule has 1 aliphatic carbocycles. The number of allylic oxidation sites excluding steroid dienone is 1. The summed E-state index contributed by atoms with van der Waals surface area (Å²) in [5.41, 5.74) is 1.37. The molecule has 0 radical (unpaired) electrons. The Bertz CT molecular complexity index is 1250. The Kier molecular flexibility index (Phi) is 7.63.